The molecule has 20 atom stereocenters. The van der Waals surface area contributed by atoms with Gasteiger partial charge in [0.15, 0.2) is 67.9 Å². The third kappa shape index (κ3) is 25.5. The lowest BCUT2D eigenvalue weighted by atomic mass is 9.95. The molecule has 4 saturated heterocycles. The molecule has 0 aromatic heterocycles. The van der Waals surface area contributed by atoms with E-state index in [1.54, 1.807) is 54.6 Å². The molecule has 9 aromatic rings. The van der Waals surface area contributed by atoms with E-state index >= 15 is 9.59 Å². The van der Waals surface area contributed by atoms with Crippen LogP contribution < -0.4 is 0 Å². The molecule has 646 valence electrons. The third-order valence-corrected chi connectivity index (χ3v) is 20.4. The zero-order valence-electron chi connectivity index (χ0n) is 68.1. The minimum absolute atomic E-state index is 0.000124. The van der Waals surface area contributed by atoms with Crippen LogP contribution in [0.4, 0.5) is 0 Å². The van der Waals surface area contributed by atoms with Gasteiger partial charge in [0.05, 0.1) is 82.8 Å². The quantitative estimate of drug-likeness (QED) is 0.0277. The first-order valence-electron chi connectivity index (χ1n) is 40.5. The molecular formula is C95H98O28. The number of rotatable bonds is 38. The zero-order chi connectivity index (χ0) is 85.8. The maximum Gasteiger partial charge on any atom is 0.338 e. The summed E-state index contributed by atoms with van der Waals surface area (Å²) in [6.45, 7) is 2.36. The number of carbonyl (C=O) groups is 7. The van der Waals surface area contributed by atoms with E-state index in [0.717, 1.165) is 48.6 Å². The highest BCUT2D eigenvalue weighted by atomic mass is 16.8. The summed E-state index contributed by atoms with van der Waals surface area (Å²) in [5.74, 6) is -6.66. The van der Waals surface area contributed by atoms with Crippen LogP contribution in [0.3, 0.4) is 0 Å². The summed E-state index contributed by atoms with van der Waals surface area (Å²) in [5.41, 5.74) is 4.62. The molecule has 0 bridgehead atoms. The van der Waals surface area contributed by atoms with Crippen LogP contribution in [0.15, 0.2) is 273 Å². The Kier molecular flexibility index (Phi) is 32.9. The van der Waals surface area contributed by atoms with Crippen LogP contribution in [0, 0.1) is 0 Å². The van der Waals surface area contributed by atoms with E-state index in [1.807, 2.05) is 182 Å². The highest BCUT2D eigenvalue weighted by Gasteiger charge is 2.59. The Balaban J connectivity index is 0.963. The van der Waals surface area contributed by atoms with Crippen LogP contribution in [-0.2, 0) is 154 Å². The minimum atomic E-state index is -2.09. The van der Waals surface area contributed by atoms with Gasteiger partial charge in [-0.2, -0.15) is 0 Å². The van der Waals surface area contributed by atoms with Crippen molar-refractivity contribution in [3.05, 3.63) is 323 Å². The molecule has 28 nitrogen and oxygen atoms in total. The van der Waals surface area contributed by atoms with E-state index < -0.39 is 178 Å². The Labute approximate surface area is 711 Å². The summed E-state index contributed by atoms with van der Waals surface area (Å²) >= 11 is 0. The van der Waals surface area contributed by atoms with Gasteiger partial charge in [0.1, 0.15) is 54.9 Å². The predicted molar refractivity (Wildman–Crippen MR) is 435 cm³/mol. The molecule has 28 heteroatoms. The number of aliphatic hydroxyl groups is 1. The number of carbonyl (C=O) groups excluding carboxylic acids is 7. The molecule has 20 unspecified atom stereocenters. The van der Waals surface area contributed by atoms with Crippen LogP contribution in [-0.4, -0.2) is 196 Å². The van der Waals surface area contributed by atoms with Gasteiger partial charge >= 0.3 is 41.8 Å². The number of esters is 7. The molecule has 4 fully saturated rings. The molecule has 9 aromatic carbocycles. The van der Waals surface area contributed by atoms with E-state index in [2.05, 4.69) is 0 Å². The van der Waals surface area contributed by atoms with Gasteiger partial charge < -0.3 is 99.8 Å². The Morgan fingerprint density at radius 1 is 0.244 bits per heavy atom. The SMILES string of the molecule is CC(=O)OC1C(O)OC(COC2OC(COC3OC(COCc4ccccc4)C(OCc4ccccc4)C(OCc4ccccc4)C3OC3OC(COCc4ccccc4)C(OCc4ccccc4)C(OCc4ccccc4)C3OC(C)=O)C(OC(=O)c3ccccc3)C(OC(=O)c3ccccc3)C2OC(=O)c2ccccc2)C(OC(C)=O)C1OC(C)=O. The highest BCUT2D eigenvalue weighted by molar-refractivity contribution is 5.91. The van der Waals surface area contributed by atoms with Gasteiger partial charge in [-0.1, -0.05) is 237 Å². The molecule has 4 aliphatic heterocycles. The first-order valence-corrected chi connectivity index (χ1v) is 40.5. The fraction of sp³-hybridized carbons (Fsp3) is 0.358. The summed E-state index contributed by atoms with van der Waals surface area (Å²) in [6, 6.07) is 79.7. The lowest BCUT2D eigenvalue weighted by Crippen LogP contribution is -2.67. The monoisotopic (exact) mass is 1690 g/mol. The summed E-state index contributed by atoms with van der Waals surface area (Å²) in [7, 11) is 0. The van der Waals surface area contributed by atoms with Gasteiger partial charge in [0.25, 0.3) is 0 Å². The maximum absolute atomic E-state index is 15.2. The van der Waals surface area contributed by atoms with Crippen molar-refractivity contribution in [3.8, 4) is 0 Å². The van der Waals surface area contributed by atoms with Crippen molar-refractivity contribution in [3.63, 3.8) is 0 Å². The second kappa shape index (κ2) is 45.2. The molecule has 4 heterocycles. The van der Waals surface area contributed by atoms with Gasteiger partial charge in [-0.25, -0.2) is 14.4 Å². The first-order chi connectivity index (χ1) is 59.9. The van der Waals surface area contributed by atoms with Gasteiger partial charge in [-0.3, -0.25) is 19.2 Å². The van der Waals surface area contributed by atoms with Crippen molar-refractivity contribution in [2.45, 2.75) is 190 Å². The Morgan fingerprint density at radius 2 is 0.496 bits per heavy atom. The Hall–Kier alpha value is -11.3. The average molecular weight is 1690 g/mol. The molecule has 13 rings (SSSR count). The maximum atomic E-state index is 15.2. The zero-order valence-corrected chi connectivity index (χ0v) is 68.1. The second-order valence-corrected chi connectivity index (χ2v) is 29.5. The van der Waals surface area contributed by atoms with E-state index in [4.69, 9.17) is 94.7 Å². The number of aliphatic hydroxyl groups excluding tert-OH is 1. The molecule has 0 saturated carbocycles. The number of hydrogen-bond donors (Lipinski definition) is 1. The van der Waals surface area contributed by atoms with Crippen LogP contribution in [0.2, 0.25) is 0 Å². The van der Waals surface area contributed by atoms with Crippen molar-refractivity contribution in [1.29, 1.82) is 0 Å². The summed E-state index contributed by atoms with van der Waals surface area (Å²) in [4.78, 5) is 98.2. The molecule has 0 amide bonds. The van der Waals surface area contributed by atoms with Gasteiger partial charge in [-0.15, -0.1) is 0 Å². The normalized spacial score (nSPS) is 26.2. The predicted octanol–water partition coefficient (Wildman–Crippen LogP) is 11.5. The van der Waals surface area contributed by atoms with Gasteiger partial charge in [0.2, 0.25) is 0 Å². The van der Waals surface area contributed by atoms with Crippen LogP contribution in [0.5, 0.6) is 0 Å². The van der Waals surface area contributed by atoms with Crippen LogP contribution in [0.1, 0.15) is 92.1 Å². The number of ether oxygens (including phenoxy) is 20. The van der Waals surface area contributed by atoms with E-state index in [9.17, 15) is 29.1 Å². The first kappa shape index (κ1) is 89.5. The van der Waals surface area contributed by atoms with Crippen molar-refractivity contribution in [2.75, 3.05) is 26.4 Å². The van der Waals surface area contributed by atoms with Gasteiger partial charge in [-0.05, 0) is 69.8 Å². The second-order valence-electron chi connectivity index (χ2n) is 29.5. The van der Waals surface area contributed by atoms with Gasteiger partial charge in [0, 0.05) is 27.7 Å². The molecule has 0 aliphatic carbocycles. The molecule has 1 N–H and O–H groups in total. The third-order valence-electron chi connectivity index (χ3n) is 20.4. The van der Waals surface area contributed by atoms with Crippen LogP contribution in [0.25, 0.3) is 0 Å². The molecular weight excluding hydrogens is 1590 g/mol. The smallest absolute Gasteiger partial charge is 0.338 e. The summed E-state index contributed by atoms with van der Waals surface area (Å²) in [6.07, 6.45) is -32.5. The average Bonchev–Trinajstić information content (AvgIpc) is 0.766. The topological polar surface area (TPSA) is 324 Å². The van der Waals surface area contributed by atoms with E-state index in [1.165, 1.54) is 43.3 Å². The lowest BCUT2D eigenvalue weighted by Gasteiger charge is -2.50. The molecule has 4 aliphatic rings. The molecule has 123 heavy (non-hydrogen) atoms. The minimum Gasteiger partial charge on any atom is -0.456 e. The Bertz CT molecular complexity index is 4760. The molecule has 0 radical (unpaired) electrons. The summed E-state index contributed by atoms with van der Waals surface area (Å²) in [5, 5.41) is 11.7. The fourth-order valence-corrected chi connectivity index (χ4v) is 14.7. The highest BCUT2D eigenvalue weighted by Crippen LogP contribution is 2.40. The summed E-state index contributed by atoms with van der Waals surface area (Å²) < 4.78 is 134. The van der Waals surface area contributed by atoms with Crippen molar-refractivity contribution >= 4 is 41.8 Å². The number of hydrogen-bond acceptors (Lipinski definition) is 28. The Morgan fingerprint density at radius 3 is 0.870 bits per heavy atom. The van der Waals surface area contributed by atoms with Crippen molar-refractivity contribution < 1.29 is 133 Å². The van der Waals surface area contributed by atoms with E-state index in [-0.39, 0.29) is 69.5 Å². The number of benzene rings is 9. The largest absolute Gasteiger partial charge is 0.456 e. The molecule has 0 spiro atoms. The standard InChI is InChI=1S/C95H98O28/c1-60(96)112-79-75(116-92(103)85(114-62(3)98)83(79)113-61(2)97)58-110-94-88(122-91(102)72-48-30-13-31-49-72)84(121-90(101)71-46-28-12-29-47-71)80(120-89(100)70-44-26-11-27-45-70)76(118-94)59-111-93-86(81(108-54-68-40-22-9-23-41-68)77(106-52-66-36-18-7-19-37-66)73(117-93)56-104-50-64-32-14-5-15-33-64)123-95-87(115-63(4)99)82(109-55-69-42-24-10-25-43-69)78(107-53-67-38-20-8-21-39-67)74(119-95)57-105-51-65-34-16-6-17-35-65/h5-49,73-88,92-95,103H,50-59H2,1-4H3. The van der Waals surface area contributed by atoms with Crippen LogP contribution >= 0.6 is 0 Å². The lowest BCUT2D eigenvalue weighted by molar-refractivity contribution is -0.384. The van der Waals surface area contributed by atoms with Crippen molar-refractivity contribution in [1.82, 2.24) is 0 Å². The fourth-order valence-electron chi connectivity index (χ4n) is 14.7. The van der Waals surface area contributed by atoms with Crippen molar-refractivity contribution in [2.24, 2.45) is 0 Å². The van der Waals surface area contributed by atoms with E-state index in [0.29, 0.717) is 5.56 Å².